The second kappa shape index (κ2) is 4.77. The van der Waals surface area contributed by atoms with E-state index in [1.807, 2.05) is 11.8 Å². The molecule has 3 heteroatoms. The minimum Gasteiger partial charge on any atom is -0.362 e. The highest BCUT2D eigenvalue weighted by Crippen LogP contribution is 2.24. The van der Waals surface area contributed by atoms with Crippen molar-refractivity contribution in [1.29, 1.82) is 0 Å². The Balaban J connectivity index is 2.56. The second-order valence-corrected chi connectivity index (χ2v) is 6.70. The topological polar surface area (TPSA) is 24.4 Å². The van der Waals surface area contributed by atoms with Crippen molar-refractivity contribution >= 4 is 16.9 Å². The molecule has 1 aliphatic heterocycles. The van der Waals surface area contributed by atoms with E-state index in [4.69, 9.17) is 0 Å². The van der Waals surface area contributed by atoms with E-state index in [0.29, 0.717) is 18.0 Å². The van der Waals surface area contributed by atoms with Crippen molar-refractivity contribution in [1.82, 2.24) is 5.32 Å². The molecule has 1 N–H and O–H groups in total. The summed E-state index contributed by atoms with van der Waals surface area (Å²) in [6.07, 6.45) is 0. The number of thioether (sulfide) groups is 1. The maximum atomic E-state index is 4.69. The Morgan fingerprint density at radius 2 is 2.00 bits per heavy atom. The van der Waals surface area contributed by atoms with Crippen molar-refractivity contribution in [2.45, 2.75) is 53.6 Å². The van der Waals surface area contributed by atoms with E-state index < -0.39 is 0 Å². The molecule has 0 saturated heterocycles. The fraction of sp³-hybridized carbons (Fsp3) is 0.917. The van der Waals surface area contributed by atoms with Gasteiger partial charge in [-0.25, -0.2) is 0 Å². The van der Waals surface area contributed by atoms with Gasteiger partial charge in [0.15, 0.2) is 5.17 Å². The third-order valence-electron chi connectivity index (χ3n) is 3.27. The smallest absolute Gasteiger partial charge is 0.157 e. The first-order valence-corrected chi connectivity index (χ1v) is 6.76. The molecule has 0 fully saturated rings. The van der Waals surface area contributed by atoms with E-state index in [0.717, 1.165) is 5.17 Å². The lowest BCUT2D eigenvalue weighted by molar-refractivity contribution is 0.316. The molecule has 15 heavy (non-hydrogen) atoms. The van der Waals surface area contributed by atoms with Gasteiger partial charge < -0.3 is 5.32 Å². The molecule has 0 aromatic carbocycles. The highest BCUT2D eigenvalue weighted by atomic mass is 32.2. The minimum absolute atomic E-state index is 0.287. The van der Waals surface area contributed by atoms with Crippen LogP contribution in [0, 0.1) is 11.3 Å². The highest BCUT2D eigenvalue weighted by molar-refractivity contribution is 8.13. The average molecular weight is 228 g/mol. The molecule has 0 spiro atoms. The lowest BCUT2D eigenvalue weighted by Crippen LogP contribution is -2.42. The molecule has 1 rings (SSSR count). The predicted octanol–water partition coefficient (Wildman–Crippen LogP) is 3.14. The van der Waals surface area contributed by atoms with Crippen LogP contribution in [0.15, 0.2) is 4.99 Å². The molecule has 1 heterocycles. The number of aliphatic imine (C=N–C) groups is 1. The first-order valence-electron chi connectivity index (χ1n) is 5.78. The predicted molar refractivity (Wildman–Crippen MR) is 70.6 cm³/mol. The molecular weight excluding hydrogens is 204 g/mol. The number of nitrogens with zero attached hydrogens (tertiary/aromatic N) is 1. The lowest BCUT2D eigenvalue weighted by Gasteiger charge is -2.32. The molecule has 0 bridgehead atoms. The standard InChI is InChI=1S/C12H24N2S/c1-8-7-15-11(13-9(8)2)14-10(3)12(4,5)6/h8-10H,7H2,1-6H3,(H,13,14). The van der Waals surface area contributed by atoms with Crippen LogP contribution in [0.25, 0.3) is 0 Å². The monoisotopic (exact) mass is 228 g/mol. The van der Waals surface area contributed by atoms with Crippen molar-refractivity contribution in [3.63, 3.8) is 0 Å². The molecule has 0 radical (unpaired) electrons. The van der Waals surface area contributed by atoms with Gasteiger partial charge in [-0.3, -0.25) is 4.99 Å². The van der Waals surface area contributed by atoms with Gasteiger partial charge in [-0.05, 0) is 25.2 Å². The number of hydrogen-bond donors (Lipinski definition) is 1. The van der Waals surface area contributed by atoms with Crippen LogP contribution in [0.5, 0.6) is 0 Å². The van der Waals surface area contributed by atoms with E-state index in [9.17, 15) is 0 Å². The molecule has 0 amide bonds. The summed E-state index contributed by atoms with van der Waals surface area (Å²) in [4.78, 5) is 4.69. The van der Waals surface area contributed by atoms with Crippen LogP contribution in [0.1, 0.15) is 41.5 Å². The fourth-order valence-electron chi connectivity index (χ4n) is 1.18. The van der Waals surface area contributed by atoms with Gasteiger partial charge in [0.2, 0.25) is 0 Å². The van der Waals surface area contributed by atoms with Gasteiger partial charge in [-0.15, -0.1) is 0 Å². The van der Waals surface area contributed by atoms with Gasteiger partial charge in [0.05, 0.1) is 6.04 Å². The van der Waals surface area contributed by atoms with Crippen LogP contribution in [-0.4, -0.2) is 23.0 Å². The van der Waals surface area contributed by atoms with Crippen molar-refractivity contribution in [2.75, 3.05) is 5.75 Å². The van der Waals surface area contributed by atoms with E-state index in [2.05, 4.69) is 51.9 Å². The van der Waals surface area contributed by atoms with Crippen LogP contribution in [0.3, 0.4) is 0 Å². The number of rotatable bonds is 1. The Kier molecular flexibility index (Phi) is 4.10. The van der Waals surface area contributed by atoms with Crippen LogP contribution < -0.4 is 5.32 Å². The highest BCUT2D eigenvalue weighted by Gasteiger charge is 2.24. The molecule has 3 atom stereocenters. The van der Waals surface area contributed by atoms with Gasteiger partial charge in [-0.1, -0.05) is 39.5 Å². The Bertz CT molecular complexity index is 242. The quantitative estimate of drug-likeness (QED) is 0.745. The summed E-state index contributed by atoms with van der Waals surface area (Å²) in [6, 6.07) is 0.922. The zero-order chi connectivity index (χ0) is 11.6. The normalized spacial score (nSPS) is 29.6. The van der Waals surface area contributed by atoms with Gasteiger partial charge in [0.25, 0.3) is 0 Å². The van der Waals surface area contributed by atoms with Crippen LogP contribution in [-0.2, 0) is 0 Å². The fourth-order valence-corrected chi connectivity index (χ4v) is 2.38. The zero-order valence-electron chi connectivity index (χ0n) is 10.8. The summed E-state index contributed by atoms with van der Waals surface area (Å²) in [5.41, 5.74) is 0.287. The third-order valence-corrected chi connectivity index (χ3v) is 4.46. The molecule has 2 nitrogen and oxygen atoms in total. The van der Waals surface area contributed by atoms with Crippen LogP contribution >= 0.6 is 11.8 Å². The number of amidine groups is 1. The Morgan fingerprint density at radius 3 is 2.47 bits per heavy atom. The summed E-state index contributed by atoms with van der Waals surface area (Å²) in [5.74, 6) is 1.88. The van der Waals surface area contributed by atoms with Crippen molar-refractivity contribution in [2.24, 2.45) is 16.3 Å². The Labute approximate surface area is 98.3 Å². The van der Waals surface area contributed by atoms with E-state index >= 15 is 0 Å². The Hall–Kier alpha value is -0.180. The molecule has 0 aliphatic carbocycles. The average Bonchev–Trinajstić information content (AvgIpc) is 2.10. The summed E-state index contributed by atoms with van der Waals surface area (Å²) >= 11 is 1.86. The van der Waals surface area contributed by atoms with Gasteiger partial charge in [0.1, 0.15) is 0 Å². The molecule has 0 saturated carbocycles. The lowest BCUT2D eigenvalue weighted by atomic mass is 9.88. The van der Waals surface area contributed by atoms with E-state index in [-0.39, 0.29) is 5.41 Å². The van der Waals surface area contributed by atoms with E-state index in [1.165, 1.54) is 5.75 Å². The van der Waals surface area contributed by atoms with Crippen LogP contribution in [0.2, 0.25) is 0 Å². The second-order valence-electron chi connectivity index (χ2n) is 5.70. The first-order chi connectivity index (χ1) is 6.80. The molecule has 88 valence electrons. The largest absolute Gasteiger partial charge is 0.362 e. The summed E-state index contributed by atoms with van der Waals surface area (Å²) in [7, 11) is 0. The molecule has 3 unspecified atom stereocenters. The van der Waals surface area contributed by atoms with Gasteiger partial charge >= 0.3 is 0 Å². The SMILES string of the molecule is CC1CSC(NC(C)C(C)(C)C)=NC1C. The molecular formula is C12H24N2S. The molecule has 0 aromatic rings. The summed E-state index contributed by atoms with van der Waals surface area (Å²) in [6.45, 7) is 13.5. The summed E-state index contributed by atoms with van der Waals surface area (Å²) in [5, 5.41) is 4.65. The maximum absolute atomic E-state index is 4.69. The number of nitrogens with one attached hydrogen (secondary N) is 1. The van der Waals surface area contributed by atoms with E-state index in [1.54, 1.807) is 0 Å². The molecule has 0 aromatic heterocycles. The van der Waals surface area contributed by atoms with Crippen molar-refractivity contribution in [3.05, 3.63) is 0 Å². The first kappa shape index (κ1) is 12.9. The van der Waals surface area contributed by atoms with Crippen molar-refractivity contribution in [3.8, 4) is 0 Å². The van der Waals surface area contributed by atoms with Crippen molar-refractivity contribution < 1.29 is 0 Å². The van der Waals surface area contributed by atoms with Gasteiger partial charge in [-0.2, -0.15) is 0 Å². The zero-order valence-corrected chi connectivity index (χ0v) is 11.6. The van der Waals surface area contributed by atoms with Crippen LogP contribution in [0.4, 0.5) is 0 Å². The maximum Gasteiger partial charge on any atom is 0.157 e. The Morgan fingerprint density at radius 1 is 1.40 bits per heavy atom. The third kappa shape index (κ3) is 3.71. The number of hydrogen-bond acceptors (Lipinski definition) is 3. The minimum atomic E-state index is 0.287. The van der Waals surface area contributed by atoms with Gasteiger partial charge in [0, 0.05) is 11.8 Å². The molecule has 1 aliphatic rings. The summed E-state index contributed by atoms with van der Waals surface area (Å²) < 4.78 is 0.